The van der Waals surface area contributed by atoms with Crippen molar-refractivity contribution in [3.63, 3.8) is 0 Å². The fraction of sp³-hybridized carbons (Fsp3) is 0.320. The molecule has 1 aromatic heterocycles. The molecule has 182 valence electrons. The highest BCUT2D eigenvalue weighted by molar-refractivity contribution is 5.68. The summed E-state index contributed by atoms with van der Waals surface area (Å²) < 4.78 is 77.6. The Morgan fingerprint density at radius 1 is 0.794 bits per heavy atom. The topological polar surface area (TPSA) is 45.1 Å². The van der Waals surface area contributed by atoms with Crippen molar-refractivity contribution in [2.75, 3.05) is 6.54 Å². The number of nitrogens with zero attached hydrogens (tertiary/aromatic N) is 1. The molecule has 0 amide bonds. The molecule has 0 spiro atoms. The maximum atomic E-state index is 12.9. The Kier molecular flexibility index (Phi) is 7.67. The second-order valence-electron chi connectivity index (χ2n) is 8.05. The van der Waals surface area contributed by atoms with Crippen LogP contribution in [0, 0.1) is 0 Å². The SMILES string of the molecule is CCC(C)NCC(O)c1cc(-c2ccc(C(F)(F)F)cc2)nc(-c2ccc(C(F)(F)F)cc2)c1. The Bertz CT molecular complexity index is 1020. The lowest BCUT2D eigenvalue weighted by Gasteiger charge is -2.18. The van der Waals surface area contributed by atoms with Crippen molar-refractivity contribution in [1.29, 1.82) is 0 Å². The van der Waals surface area contributed by atoms with Crippen molar-refractivity contribution in [3.05, 3.63) is 77.4 Å². The van der Waals surface area contributed by atoms with Gasteiger partial charge in [-0.2, -0.15) is 26.3 Å². The number of aliphatic hydroxyl groups is 1. The van der Waals surface area contributed by atoms with Crippen LogP contribution in [-0.2, 0) is 12.4 Å². The fourth-order valence-electron chi connectivity index (χ4n) is 3.27. The highest BCUT2D eigenvalue weighted by Crippen LogP contribution is 2.34. The first-order valence-corrected chi connectivity index (χ1v) is 10.7. The lowest BCUT2D eigenvalue weighted by molar-refractivity contribution is -0.138. The average molecular weight is 482 g/mol. The first-order chi connectivity index (χ1) is 15.9. The largest absolute Gasteiger partial charge is 0.416 e. The lowest BCUT2D eigenvalue weighted by atomic mass is 10.00. The van der Waals surface area contributed by atoms with Crippen molar-refractivity contribution >= 4 is 0 Å². The molecule has 0 aliphatic rings. The molecule has 3 aromatic rings. The van der Waals surface area contributed by atoms with E-state index in [2.05, 4.69) is 10.3 Å². The summed E-state index contributed by atoms with van der Waals surface area (Å²) in [6.07, 6.45) is -9.09. The third-order valence-corrected chi connectivity index (χ3v) is 5.52. The second-order valence-corrected chi connectivity index (χ2v) is 8.05. The van der Waals surface area contributed by atoms with Crippen LogP contribution in [-0.4, -0.2) is 22.7 Å². The molecule has 0 saturated carbocycles. The Hall–Kier alpha value is -2.91. The summed E-state index contributed by atoms with van der Waals surface area (Å²) in [7, 11) is 0. The molecule has 2 atom stereocenters. The maximum absolute atomic E-state index is 12.9. The zero-order valence-electron chi connectivity index (χ0n) is 18.5. The molecule has 2 N–H and O–H groups in total. The molecule has 0 aliphatic heterocycles. The first-order valence-electron chi connectivity index (χ1n) is 10.7. The third-order valence-electron chi connectivity index (χ3n) is 5.52. The van der Waals surface area contributed by atoms with Crippen molar-refractivity contribution < 1.29 is 31.4 Å². The molecule has 0 radical (unpaired) electrons. The Balaban J connectivity index is 2.03. The van der Waals surface area contributed by atoms with Gasteiger partial charge in [-0.05, 0) is 55.3 Å². The fourth-order valence-corrected chi connectivity index (χ4v) is 3.27. The number of halogens is 6. The van der Waals surface area contributed by atoms with Gasteiger partial charge in [0.1, 0.15) is 0 Å². The third kappa shape index (κ3) is 6.36. The second kappa shape index (κ2) is 10.1. The summed E-state index contributed by atoms with van der Waals surface area (Å²) in [5, 5.41) is 13.9. The highest BCUT2D eigenvalue weighted by Gasteiger charge is 2.31. The van der Waals surface area contributed by atoms with Gasteiger partial charge < -0.3 is 10.4 Å². The Morgan fingerprint density at radius 2 is 1.21 bits per heavy atom. The van der Waals surface area contributed by atoms with E-state index in [9.17, 15) is 31.4 Å². The predicted octanol–water partition coefficient (Wildman–Crippen LogP) is 6.87. The van der Waals surface area contributed by atoms with E-state index >= 15 is 0 Å². The molecule has 2 aromatic carbocycles. The molecule has 9 heteroatoms. The number of hydrogen-bond donors (Lipinski definition) is 2. The summed E-state index contributed by atoms with van der Waals surface area (Å²) in [4.78, 5) is 4.46. The van der Waals surface area contributed by atoms with Gasteiger partial charge in [-0.1, -0.05) is 31.2 Å². The van der Waals surface area contributed by atoms with E-state index in [0.717, 1.165) is 30.7 Å². The summed E-state index contributed by atoms with van der Waals surface area (Å²) in [6, 6.07) is 12.1. The number of hydrogen-bond acceptors (Lipinski definition) is 3. The van der Waals surface area contributed by atoms with E-state index in [4.69, 9.17) is 0 Å². The molecular formula is C25H24F6N2O. The van der Waals surface area contributed by atoms with E-state index in [0.29, 0.717) is 28.1 Å². The summed E-state index contributed by atoms with van der Waals surface area (Å²) in [6.45, 7) is 4.17. The monoisotopic (exact) mass is 482 g/mol. The van der Waals surface area contributed by atoms with E-state index in [1.54, 1.807) is 12.1 Å². The minimum Gasteiger partial charge on any atom is -0.387 e. The molecule has 3 rings (SSSR count). The highest BCUT2D eigenvalue weighted by atomic mass is 19.4. The molecule has 0 fully saturated rings. The molecule has 0 saturated heterocycles. The van der Waals surface area contributed by atoms with E-state index in [1.807, 2.05) is 13.8 Å². The average Bonchev–Trinajstić information content (AvgIpc) is 2.81. The molecule has 0 bridgehead atoms. The molecular weight excluding hydrogens is 458 g/mol. The van der Waals surface area contributed by atoms with Gasteiger partial charge in [0, 0.05) is 23.7 Å². The van der Waals surface area contributed by atoms with E-state index in [-0.39, 0.29) is 12.6 Å². The summed E-state index contributed by atoms with van der Waals surface area (Å²) >= 11 is 0. The van der Waals surface area contributed by atoms with Crippen molar-refractivity contribution in [1.82, 2.24) is 10.3 Å². The zero-order valence-corrected chi connectivity index (χ0v) is 18.5. The number of aromatic nitrogens is 1. The number of benzene rings is 2. The van der Waals surface area contributed by atoms with Gasteiger partial charge in [0.25, 0.3) is 0 Å². The number of pyridine rings is 1. The van der Waals surface area contributed by atoms with Gasteiger partial charge in [0.15, 0.2) is 0 Å². The number of aliphatic hydroxyl groups excluding tert-OH is 1. The number of alkyl halides is 6. The molecule has 3 nitrogen and oxygen atoms in total. The van der Waals surface area contributed by atoms with Crippen molar-refractivity contribution in [2.45, 2.75) is 44.8 Å². The maximum Gasteiger partial charge on any atom is 0.416 e. The van der Waals surface area contributed by atoms with Crippen molar-refractivity contribution in [2.24, 2.45) is 0 Å². The van der Waals surface area contributed by atoms with E-state index in [1.165, 1.54) is 24.3 Å². The van der Waals surface area contributed by atoms with Crippen LogP contribution in [0.1, 0.15) is 43.1 Å². The standard InChI is InChI=1S/C25H24F6N2O/c1-3-15(2)32-14-23(34)18-12-21(16-4-8-19(9-5-16)24(26,27)28)33-22(13-18)17-6-10-20(11-7-17)25(29,30)31/h4-13,15,23,32,34H,3,14H2,1-2H3. The van der Waals surface area contributed by atoms with Crippen LogP contribution in [0.3, 0.4) is 0 Å². The van der Waals surface area contributed by atoms with Crippen LogP contribution < -0.4 is 5.32 Å². The van der Waals surface area contributed by atoms with Crippen LogP contribution in [0.5, 0.6) is 0 Å². The van der Waals surface area contributed by atoms with Crippen molar-refractivity contribution in [3.8, 4) is 22.5 Å². The van der Waals surface area contributed by atoms with Gasteiger partial charge in [0.2, 0.25) is 0 Å². The molecule has 34 heavy (non-hydrogen) atoms. The molecule has 0 aliphatic carbocycles. The minimum absolute atomic E-state index is 0.153. The van der Waals surface area contributed by atoms with E-state index < -0.39 is 29.6 Å². The zero-order chi connectivity index (χ0) is 25.1. The van der Waals surface area contributed by atoms with Gasteiger partial charge in [-0.25, -0.2) is 4.98 Å². The predicted molar refractivity (Wildman–Crippen MR) is 118 cm³/mol. The van der Waals surface area contributed by atoms with Crippen LogP contribution in [0.2, 0.25) is 0 Å². The summed E-state index contributed by atoms with van der Waals surface area (Å²) in [5.41, 5.74) is 0.166. The normalized spacial score (nSPS) is 14.1. The van der Waals surface area contributed by atoms with Gasteiger partial charge in [0.05, 0.1) is 28.6 Å². The Labute approximate surface area is 193 Å². The van der Waals surface area contributed by atoms with Crippen LogP contribution in [0.15, 0.2) is 60.7 Å². The smallest absolute Gasteiger partial charge is 0.387 e. The lowest BCUT2D eigenvalue weighted by Crippen LogP contribution is -2.29. The van der Waals surface area contributed by atoms with Gasteiger partial charge >= 0.3 is 12.4 Å². The number of nitrogens with one attached hydrogen (secondary N) is 1. The quantitative estimate of drug-likeness (QED) is 0.361. The molecule has 1 heterocycles. The summed E-state index contributed by atoms with van der Waals surface area (Å²) in [5.74, 6) is 0. The van der Waals surface area contributed by atoms with Crippen LogP contribution in [0.4, 0.5) is 26.3 Å². The van der Waals surface area contributed by atoms with Crippen LogP contribution >= 0.6 is 0 Å². The first kappa shape index (κ1) is 25.7. The number of rotatable bonds is 7. The van der Waals surface area contributed by atoms with Gasteiger partial charge in [-0.15, -0.1) is 0 Å². The Morgan fingerprint density at radius 3 is 1.56 bits per heavy atom. The van der Waals surface area contributed by atoms with Gasteiger partial charge in [-0.3, -0.25) is 0 Å². The minimum atomic E-state index is -4.49. The molecule has 2 unspecified atom stereocenters. The van der Waals surface area contributed by atoms with Crippen LogP contribution in [0.25, 0.3) is 22.5 Å².